The zero-order valence-corrected chi connectivity index (χ0v) is 15.0. The smallest absolute Gasteiger partial charge is 0.232 e. The van der Waals surface area contributed by atoms with Crippen LogP contribution in [0.4, 0.5) is 0 Å². The van der Waals surface area contributed by atoms with E-state index in [0.29, 0.717) is 26.2 Å². The van der Waals surface area contributed by atoms with E-state index in [9.17, 15) is 19.2 Å². The van der Waals surface area contributed by atoms with Crippen molar-refractivity contribution in [3.63, 3.8) is 0 Å². The maximum absolute atomic E-state index is 11.7. The van der Waals surface area contributed by atoms with Crippen molar-refractivity contribution in [2.75, 3.05) is 26.3 Å². The second kappa shape index (κ2) is 8.92. The van der Waals surface area contributed by atoms with E-state index in [2.05, 4.69) is 5.32 Å². The third-order valence-corrected chi connectivity index (χ3v) is 3.91. The number of Topliss-reactive ketones (excluding diaryl/α,β-unsaturated/α-hetero) is 1. The summed E-state index contributed by atoms with van der Waals surface area (Å²) in [6.07, 6.45) is 0.670. The first-order valence-electron chi connectivity index (χ1n) is 8.35. The number of nitrogens with one attached hydrogen (secondary N) is 1. The van der Waals surface area contributed by atoms with Gasteiger partial charge < -0.3 is 10.1 Å². The molecular weight excluding hydrogens is 312 g/mol. The molecule has 0 aromatic rings. The fourth-order valence-electron chi connectivity index (χ4n) is 2.29. The Bertz CT molecular complexity index is 496. The van der Waals surface area contributed by atoms with Crippen molar-refractivity contribution in [2.24, 2.45) is 11.3 Å². The molecular formula is C17H28N2O5. The molecule has 1 N–H and O–H groups in total. The van der Waals surface area contributed by atoms with Gasteiger partial charge in [0.15, 0.2) is 0 Å². The van der Waals surface area contributed by atoms with Crippen LogP contribution in [0.2, 0.25) is 0 Å². The van der Waals surface area contributed by atoms with Gasteiger partial charge in [-0.3, -0.25) is 24.1 Å². The molecule has 1 rings (SSSR count). The first-order chi connectivity index (χ1) is 11.1. The van der Waals surface area contributed by atoms with Crippen molar-refractivity contribution in [1.29, 1.82) is 0 Å². The Morgan fingerprint density at radius 2 is 1.88 bits per heavy atom. The van der Waals surface area contributed by atoms with Crippen LogP contribution in [0.3, 0.4) is 0 Å². The Kier molecular flexibility index (Phi) is 7.54. The van der Waals surface area contributed by atoms with E-state index in [0.717, 1.165) is 4.90 Å². The van der Waals surface area contributed by atoms with Crippen LogP contribution in [-0.4, -0.2) is 54.7 Å². The number of rotatable bonds is 9. The minimum absolute atomic E-state index is 0.0900. The number of likely N-dealkylation sites (tertiary alicyclic amines) is 1. The molecule has 0 saturated carbocycles. The summed E-state index contributed by atoms with van der Waals surface area (Å²) in [5.74, 6) is -0.804. The zero-order valence-electron chi connectivity index (χ0n) is 15.0. The molecule has 0 aromatic heterocycles. The van der Waals surface area contributed by atoms with Gasteiger partial charge in [-0.25, -0.2) is 0 Å². The van der Waals surface area contributed by atoms with Crippen LogP contribution in [0.15, 0.2) is 0 Å². The summed E-state index contributed by atoms with van der Waals surface area (Å²) in [7, 11) is 0. The summed E-state index contributed by atoms with van der Waals surface area (Å²) in [6.45, 7) is 8.42. The molecule has 1 atom stereocenters. The lowest BCUT2D eigenvalue weighted by molar-refractivity contribution is -0.139. The van der Waals surface area contributed by atoms with Crippen LogP contribution in [-0.2, 0) is 23.9 Å². The number of hydrogen-bond acceptors (Lipinski definition) is 5. The van der Waals surface area contributed by atoms with Crippen LogP contribution in [0, 0.1) is 11.3 Å². The van der Waals surface area contributed by atoms with Gasteiger partial charge in [-0.1, -0.05) is 27.7 Å². The zero-order chi connectivity index (χ0) is 18.3. The highest BCUT2D eigenvalue weighted by molar-refractivity contribution is 6.03. The second-order valence-corrected chi connectivity index (χ2v) is 7.12. The number of nitrogens with zero attached hydrogens (tertiary/aromatic N) is 1. The Morgan fingerprint density at radius 3 is 2.42 bits per heavy atom. The van der Waals surface area contributed by atoms with E-state index >= 15 is 0 Å². The topological polar surface area (TPSA) is 92.8 Å². The van der Waals surface area contributed by atoms with E-state index in [4.69, 9.17) is 4.74 Å². The van der Waals surface area contributed by atoms with E-state index in [1.54, 1.807) is 6.92 Å². The van der Waals surface area contributed by atoms with Crippen molar-refractivity contribution < 1.29 is 23.9 Å². The first kappa shape index (κ1) is 20.3. The Labute approximate surface area is 143 Å². The molecule has 0 bridgehead atoms. The quantitative estimate of drug-likeness (QED) is 0.497. The van der Waals surface area contributed by atoms with Gasteiger partial charge in [-0.15, -0.1) is 0 Å². The molecule has 24 heavy (non-hydrogen) atoms. The normalized spacial score (nSPS) is 18.2. The van der Waals surface area contributed by atoms with Crippen molar-refractivity contribution in [2.45, 2.75) is 47.0 Å². The lowest BCUT2D eigenvalue weighted by atomic mass is 9.89. The van der Waals surface area contributed by atoms with E-state index in [-0.39, 0.29) is 54.2 Å². The minimum Gasteiger partial charge on any atom is -0.379 e. The van der Waals surface area contributed by atoms with E-state index < -0.39 is 0 Å². The first-order valence-corrected chi connectivity index (χ1v) is 8.35. The highest BCUT2D eigenvalue weighted by Gasteiger charge is 2.35. The molecule has 1 unspecified atom stereocenters. The highest BCUT2D eigenvalue weighted by atomic mass is 16.5. The lowest BCUT2D eigenvalue weighted by Gasteiger charge is -2.16. The largest absolute Gasteiger partial charge is 0.379 e. The maximum Gasteiger partial charge on any atom is 0.232 e. The number of imide groups is 1. The third-order valence-electron chi connectivity index (χ3n) is 3.91. The van der Waals surface area contributed by atoms with Crippen LogP contribution >= 0.6 is 0 Å². The van der Waals surface area contributed by atoms with Gasteiger partial charge in [0.2, 0.25) is 17.7 Å². The SMILES string of the molecule is CC1CC(=O)N(CCC(=O)NCCOCCC(=O)C(C)(C)C)C1=O. The molecule has 7 heteroatoms. The third kappa shape index (κ3) is 6.39. The summed E-state index contributed by atoms with van der Waals surface area (Å²) in [4.78, 5) is 47.8. The molecule has 3 amide bonds. The molecule has 136 valence electrons. The standard InChI is InChI=1S/C17H28N2O5/c1-12-11-15(22)19(16(12)23)8-5-14(21)18-7-10-24-9-6-13(20)17(2,3)4/h12H,5-11H2,1-4H3,(H,18,21). The van der Waals surface area contributed by atoms with Gasteiger partial charge in [0.05, 0.1) is 13.2 Å². The van der Waals surface area contributed by atoms with E-state index in [1.165, 1.54) is 0 Å². The average Bonchev–Trinajstić information content (AvgIpc) is 2.72. The highest BCUT2D eigenvalue weighted by Crippen LogP contribution is 2.18. The van der Waals surface area contributed by atoms with Crippen LogP contribution in [0.1, 0.15) is 47.0 Å². The van der Waals surface area contributed by atoms with Gasteiger partial charge in [-0.2, -0.15) is 0 Å². The van der Waals surface area contributed by atoms with E-state index in [1.807, 2.05) is 20.8 Å². The molecule has 1 aliphatic rings. The number of hydrogen-bond donors (Lipinski definition) is 1. The van der Waals surface area contributed by atoms with Crippen molar-refractivity contribution in [3.8, 4) is 0 Å². The molecule has 0 spiro atoms. The van der Waals surface area contributed by atoms with Crippen LogP contribution in [0.5, 0.6) is 0 Å². The van der Waals surface area contributed by atoms with Gasteiger partial charge in [0.1, 0.15) is 5.78 Å². The van der Waals surface area contributed by atoms with Crippen molar-refractivity contribution in [3.05, 3.63) is 0 Å². The van der Waals surface area contributed by atoms with Gasteiger partial charge >= 0.3 is 0 Å². The molecule has 1 heterocycles. The number of amides is 3. The number of carbonyl (C=O) groups excluding carboxylic acids is 4. The number of ketones is 1. The molecule has 1 saturated heterocycles. The molecule has 0 aliphatic carbocycles. The summed E-state index contributed by atoms with van der Waals surface area (Å²) in [5.41, 5.74) is -0.362. The van der Waals surface area contributed by atoms with Gasteiger partial charge in [0.25, 0.3) is 0 Å². The Hall–Kier alpha value is -1.76. The average molecular weight is 340 g/mol. The monoisotopic (exact) mass is 340 g/mol. The van der Waals surface area contributed by atoms with Crippen molar-refractivity contribution >= 4 is 23.5 Å². The summed E-state index contributed by atoms with van der Waals surface area (Å²) in [5, 5.41) is 2.67. The molecule has 0 radical (unpaired) electrons. The summed E-state index contributed by atoms with van der Waals surface area (Å²) < 4.78 is 5.32. The second-order valence-electron chi connectivity index (χ2n) is 7.12. The number of carbonyl (C=O) groups is 4. The molecule has 0 aromatic carbocycles. The number of ether oxygens (including phenoxy) is 1. The predicted molar refractivity (Wildman–Crippen MR) is 88.0 cm³/mol. The summed E-state index contributed by atoms with van der Waals surface area (Å²) in [6, 6.07) is 0. The van der Waals surface area contributed by atoms with Gasteiger partial charge in [-0.05, 0) is 0 Å². The summed E-state index contributed by atoms with van der Waals surface area (Å²) >= 11 is 0. The predicted octanol–water partition coefficient (Wildman–Crippen LogP) is 0.910. The van der Waals surface area contributed by atoms with Crippen LogP contribution in [0.25, 0.3) is 0 Å². The fraction of sp³-hybridized carbons (Fsp3) is 0.765. The molecule has 7 nitrogen and oxygen atoms in total. The molecule has 1 aliphatic heterocycles. The maximum atomic E-state index is 11.7. The van der Waals surface area contributed by atoms with Crippen LogP contribution < -0.4 is 5.32 Å². The van der Waals surface area contributed by atoms with Crippen molar-refractivity contribution in [1.82, 2.24) is 10.2 Å². The minimum atomic E-state index is -0.362. The molecule has 1 fully saturated rings. The Balaban J connectivity index is 2.10. The Morgan fingerprint density at radius 1 is 1.21 bits per heavy atom. The fourth-order valence-corrected chi connectivity index (χ4v) is 2.29. The van der Waals surface area contributed by atoms with Gasteiger partial charge in [0, 0.05) is 43.7 Å². The lowest BCUT2D eigenvalue weighted by Crippen LogP contribution is -2.35.